The maximum absolute atomic E-state index is 11.0. The summed E-state index contributed by atoms with van der Waals surface area (Å²) in [6.45, 7) is 0. The molecule has 0 N–H and O–H groups in total. The number of carbonyl (C=O) groups is 1. The predicted molar refractivity (Wildman–Crippen MR) is 52.9 cm³/mol. The summed E-state index contributed by atoms with van der Waals surface area (Å²) >= 11 is 0. The zero-order chi connectivity index (χ0) is 9.54. The van der Waals surface area contributed by atoms with E-state index < -0.39 is 0 Å². The Hall–Kier alpha value is -0.630. The van der Waals surface area contributed by atoms with Gasteiger partial charge < -0.3 is 4.74 Å². The molecule has 2 heterocycles. The van der Waals surface area contributed by atoms with Gasteiger partial charge in [-0.15, -0.1) is 0 Å². The second-order valence-corrected chi connectivity index (χ2v) is 4.73. The van der Waals surface area contributed by atoms with E-state index in [4.69, 9.17) is 4.74 Å². The van der Waals surface area contributed by atoms with Crippen LogP contribution in [0, 0.1) is 11.8 Å². The van der Waals surface area contributed by atoms with Crippen LogP contribution in [0.25, 0.3) is 0 Å². The molecule has 3 aliphatic rings. The maximum atomic E-state index is 11.0. The van der Waals surface area contributed by atoms with Crippen molar-refractivity contribution in [3.63, 3.8) is 0 Å². The average molecular weight is 192 g/mol. The molecule has 3 rings (SSSR count). The molecule has 0 unspecified atom stereocenters. The van der Waals surface area contributed by atoms with Crippen LogP contribution < -0.4 is 0 Å². The standard InChI is InChI=1S/C12H16O2/c13-7-8-3-1-4-9-10-5-2-6-11(14-10)12(8)9/h3,7,9-12H,1-2,4-6H2/t9-,10-,11+,12-/m0/s1. The monoisotopic (exact) mass is 192 g/mol. The molecule has 0 amide bonds. The van der Waals surface area contributed by atoms with Crippen LogP contribution in [0.1, 0.15) is 32.1 Å². The highest BCUT2D eigenvalue weighted by Crippen LogP contribution is 2.48. The Labute approximate surface area is 84.3 Å². The normalized spacial score (nSPS) is 45.6. The van der Waals surface area contributed by atoms with Gasteiger partial charge in [0.2, 0.25) is 0 Å². The van der Waals surface area contributed by atoms with Crippen molar-refractivity contribution in [2.45, 2.75) is 44.3 Å². The molecule has 0 aromatic heterocycles. The van der Waals surface area contributed by atoms with E-state index in [0.717, 1.165) is 24.7 Å². The third-order valence-corrected chi connectivity index (χ3v) is 4.07. The van der Waals surface area contributed by atoms with Crippen LogP contribution in [-0.4, -0.2) is 18.5 Å². The van der Waals surface area contributed by atoms with Crippen molar-refractivity contribution < 1.29 is 9.53 Å². The maximum Gasteiger partial charge on any atom is 0.146 e. The van der Waals surface area contributed by atoms with Gasteiger partial charge in [0.05, 0.1) is 12.2 Å². The summed E-state index contributed by atoms with van der Waals surface area (Å²) in [6.07, 6.45) is 9.95. The molecule has 14 heavy (non-hydrogen) atoms. The summed E-state index contributed by atoms with van der Waals surface area (Å²) in [5.41, 5.74) is 1.02. The molecule has 0 spiro atoms. The van der Waals surface area contributed by atoms with Gasteiger partial charge in [-0.05, 0) is 43.6 Å². The van der Waals surface area contributed by atoms with E-state index in [0.29, 0.717) is 24.0 Å². The third-order valence-electron chi connectivity index (χ3n) is 4.07. The largest absolute Gasteiger partial charge is 0.374 e. The molecule has 4 atom stereocenters. The van der Waals surface area contributed by atoms with E-state index in [-0.39, 0.29) is 0 Å². The Bertz CT molecular complexity index is 282. The minimum absolute atomic E-state index is 0.357. The van der Waals surface area contributed by atoms with Crippen LogP contribution in [0.2, 0.25) is 0 Å². The van der Waals surface area contributed by atoms with Gasteiger partial charge in [0.25, 0.3) is 0 Å². The lowest BCUT2D eigenvalue weighted by atomic mass is 9.76. The SMILES string of the molecule is O=CC1=CCC[C@@H]2[C@H]1[C@H]1CCC[C@@H]2O1. The molecule has 2 saturated heterocycles. The lowest BCUT2D eigenvalue weighted by Gasteiger charge is -2.25. The van der Waals surface area contributed by atoms with Crippen molar-refractivity contribution >= 4 is 6.29 Å². The molecular weight excluding hydrogens is 176 g/mol. The molecule has 0 aromatic rings. The second-order valence-electron chi connectivity index (χ2n) is 4.73. The predicted octanol–water partition coefficient (Wildman–Crippen LogP) is 2.09. The highest BCUT2D eigenvalue weighted by atomic mass is 16.5. The van der Waals surface area contributed by atoms with Crippen molar-refractivity contribution in [2.24, 2.45) is 11.8 Å². The van der Waals surface area contributed by atoms with E-state index >= 15 is 0 Å². The molecule has 2 nitrogen and oxygen atoms in total. The number of allylic oxidation sites excluding steroid dienone is 1. The van der Waals surface area contributed by atoms with Crippen LogP contribution in [-0.2, 0) is 9.53 Å². The molecule has 0 saturated carbocycles. The number of rotatable bonds is 1. The number of fused-ring (bicyclic) bond motifs is 5. The average Bonchev–Trinajstić information content (AvgIpc) is 2.51. The van der Waals surface area contributed by atoms with Crippen LogP contribution in [0.5, 0.6) is 0 Å². The van der Waals surface area contributed by atoms with Gasteiger partial charge in [-0.1, -0.05) is 6.08 Å². The lowest BCUT2D eigenvalue weighted by Crippen LogP contribution is -2.25. The fourth-order valence-corrected chi connectivity index (χ4v) is 3.50. The Morgan fingerprint density at radius 3 is 3.00 bits per heavy atom. The number of hydrogen-bond donors (Lipinski definition) is 0. The van der Waals surface area contributed by atoms with Crippen molar-refractivity contribution in [1.82, 2.24) is 0 Å². The molecular formula is C12H16O2. The van der Waals surface area contributed by atoms with Crippen LogP contribution in [0.4, 0.5) is 0 Å². The molecule has 0 aromatic carbocycles. The van der Waals surface area contributed by atoms with E-state index in [1.54, 1.807) is 0 Å². The Morgan fingerprint density at radius 1 is 1.29 bits per heavy atom. The Morgan fingerprint density at radius 2 is 2.14 bits per heavy atom. The lowest BCUT2D eigenvalue weighted by molar-refractivity contribution is -0.105. The summed E-state index contributed by atoms with van der Waals surface area (Å²) in [4.78, 5) is 11.0. The summed E-state index contributed by atoms with van der Waals surface area (Å²) < 4.78 is 5.98. The molecule has 0 radical (unpaired) electrons. The number of hydrogen-bond acceptors (Lipinski definition) is 2. The molecule has 2 bridgehead atoms. The summed E-state index contributed by atoms with van der Waals surface area (Å²) in [6, 6.07) is 0. The fourth-order valence-electron chi connectivity index (χ4n) is 3.50. The Balaban J connectivity index is 1.94. The summed E-state index contributed by atoms with van der Waals surface area (Å²) in [7, 11) is 0. The first-order valence-electron chi connectivity index (χ1n) is 5.71. The zero-order valence-corrected chi connectivity index (χ0v) is 8.32. The highest BCUT2D eigenvalue weighted by molar-refractivity contribution is 5.74. The highest BCUT2D eigenvalue weighted by Gasteiger charge is 2.48. The summed E-state index contributed by atoms with van der Waals surface area (Å²) in [5, 5.41) is 0. The summed E-state index contributed by atoms with van der Waals surface area (Å²) in [5.74, 6) is 1.08. The minimum atomic E-state index is 0.357. The first-order valence-corrected chi connectivity index (χ1v) is 5.71. The molecule has 2 fully saturated rings. The van der Waals surface area contributed by atoms with E-state index in [9.17, 15) is 4.79 Å². The van der Waals surface area contributed by atoms with Crippen LogP contribution in [0.15, 0.2) is 11.6 Å². The van der Waals surface area contributed by atoms with E-state index in [1.807, 2.05) is 0 Å². The smallest absolute Gasteiger partial charge is 0.146 e. The van der Waals surface area contributed by atoms with Gasteiger partial charge in [-0.2, -0.15) is 0 Å². The van der Waals surface area contributed by atoms with Crippen LogP contribution in [0.3, 0.4) is 0 Å². The van der Waals surface area contributed by atoms with Crippen molar-refractivity contribution in [2.75, 3.05) is 0 Å². The quantitative estimate of drug-likeness (QED) is 0.595. The first-order chi connectivity index (χ1) is 6.90. The van der Waals surface area contributed by atoms with Gasteiger partial charge in [0.15, 0.2) is 0 Å². The van der Waals surface area contributed by atoms with Gasteiger partial charge in [0.1, 0.15) is 6.29 Å². The molecule has 76 valence electrons. The third kappa shape index (κ3) is 1.10. The van der Waals surface area contributed by atoms with Gasteiger partial charge in [0, 0.05) is 5.92 Å². The van der Waals surface area contributed by atoms with Crippen LogP contribution >= 0.6 is 0 Å². The zero-order valence-electron chi connectivity index (χ0n) is 8.32. The Kier molecular flexibility index (Phi) is 1.98. The number of ether oxygens (including phenoxy) is 1. The second kappa shape index (κ2) is 3.20. The van der Waals surface area contributed by atoms with Crippen molar-refractivity contribution in [3.05, 3.63) is 11.6 Å². The van der Waals surface area contributed by atoms with Gasteiger partial charge >= 0.3 is 0 Å². The van der Waals surface area contributed by atoms with Crippen molar-refractivity contribution in [3.8, 4) is 0 Å². The van der Waals surface area contributed by atoms with Crippen molar-refractivity contribution in [1.29, 1.82) is 0 Å². The number of carbonyl (C=O) groups excluding carboxylic acids is 1. The number of aldehydes is 1. The van der Waals surface area contributed by atoms with E-state index in [1.165, 1.54) is 19.3 Å². The molecule has 1 aliphatic carbocycles. The van der Waals surface area contributed by atoms with Gasteiger partial charge in [-0.3, -0.25) is 4.79 Å². The molecule has 2 heteroatoms. The van der Waals surface area contributed by atoms with E-state index in [2.05, 4.69) is 6.08 Å². The fraction of sp³-hybridized carbons (Fsp3) is 0.750. The minimum Gasteiger partial charge on any atom is -0.374 e. The topological polar surface area (TPSA) is 26.3 Å². The van der Waals surface area contributed by atoms with Gasteiger partial charge in [-0.25, -0.2) is 0 Å². The molecule has 2 aliphatic heterocycles. The first kappa shape index (κ1) is 8.66.